The Bertz CT molecular complexity index is 430. The fourth-order valence-electron chi connectivity index (χ4n) is 1.81. The van der Waals surface area contributed by atoms with Crippen molar-refractivity contribution in [1.29, 1.82) is 0 Å². The summed E-state index contributed by atoms with van der Waals surface area (Å²) in [5, 5.41) is 5.94. The molecule has 1 aliphatic rings. The summed E-state index contributed by atoms with van der Waals surface area (Å²) in [5.41, 5.74) is 0.368. The zero-order valence-electron chi connectivity index (χ0n) is 9.25. The molecule has 5 nitrogen and oxygen atoms in total. The van der Waals surface area contributed by atoms with E-state index in [2.05, 4.69) is 15.6 Å². The van der Waals surface area contributed by atoms with Crippen molar-refractivity contribution in [2.24, 2.45) is 0 Å². The lowest BCUT2D eigenvalue weighted by atomic mass is 10.1. The summed E-state index contributed by atoms with van der Waals surface area (Å²) < 4.78 is 0. The minimum atomic E-state index is -0.452. The molecule has 1 aromatic heterocycles. The van der Waals surface area contributed by atoms with E-state index in [0.717, 1.165) is 12.8 Å². The van der Waals surface area contributed by atoms with Crippen molar-refractivity contribution in [2.45, 2.75) is 25.3 Å². The van der Waals surface area contributed by atoms with Gasteiger partial charge in [0.1, 0.15) is 11.7 Å². The van der Waals surface area contributed by atoms with E-state index in [1.54, 1.807) is 0 Å². The van der Waals surface area contributed by atoms with Crippen LogP contribution >= 0.6 is 11.6 Å². The van der Waals surface area contributed by atoms with Gasteiger partial charge in [0, 0.05) is 12.7 Å². The van der Waals surface area contributed by atoms with E-state index in [4.69, 9.17) is 11.6 Å². The molecule has 3 N–H and O–H groups in total. The topological polar surface area (TPSA) is 74.0 Å². The van der Waals surface area contributed by atoms with Gasteiger partial charge in [-0.25, -0.2) is 0 Å². The Hall–Kier alpha value is -1.49. The Morgan fingerprint density at radius 3 is 3.00 bits per heavy atom. The van der Waals surface area contributed by atoms with Gasteiger partial charge in [-0.15, -0.1) is 0 Å². The van der Waals surface area contributed by atoms with Crippen LogP contribution in [0.1, 0.15) is 29.8 Å². The van der Waals surface area contributed by atoms with Crippen molar-refractivity contribution in [3.8, 4) is 0 Å². The van der Waals surface area contributed by atoms with Crippen LogP contribution in [0, 0.1) is 0 Å². The zero-order chi connectivity index (χ0) is 12.3. The first-order valence-electron chi connectivity index (χ1n) is 5.59. The van der Waals surface area contributed by atoms with Gasteiger partial charge in [-0.3, -0.25) is 9.59 Å². The van der Waals surface area contributed by atoms with Crippen LogP contribution in [0.5, 0.6) is 0 Å². The predicted octanol–water partition coefficient (Wildman–Crippen LogP) is 1.07. The Balaban J connectivity index is 1.99. The third kappa shape index (κ3) is 3.00. The molecule has 0 bridgehead atoms. The van der Waals surface area contributed by atoms with Gasteiger partial charge in [-0.2, -0.15) is 0 Å². The first-order valence-corrected chi connectivity index (χ1v) is 5.97. The van der Waals surface area contributed by atoms with Crippen LogP contribution in [0.3, 0.4) is 0 Å². The molecule has 0 saturated carbocycles. The average Bonchev–Trinajstić information content (AvgIpc) is 2.63. The molecule has 2 rings (SSSR count). The zero-order valence-corrected chi connectivity index (χ0v) is 10.0. The second kappa shape index (κ2) is 5.23. The van der Waals surface area contributed by atoms with Gasteiger partial charge < -0.3 is 15.6 Å². The summed E-state index contributed by atoms with van der Waals surface area (Å²) in [6, 6.07) is 1.08. The number of hydrogen-bond acceptors (Lipinski definition) is 2. The second-order valence-electron chi connectivity index (χ2n) is 4.04. The summed E-state index contributed by atoms with van der Waals surface area (Å²) in [7, 11) is 0. The summed E-state index contributed by atoms with van der Waals surface area (Å²) in [5.74, 6) is -0.424. The SMILES string of the molecule is O=C(N[C@@H]1CCCCNC1=O)c1cc(Cl)c[nH]1. The molecule has 1 atom stereocenters. The number of carbonyl (C=O) groups is 2. The molecule has 0 radical (unpaired) electrons. The Kier molecular flexibility index (Phi) is 3.68. The molecule has 0 unspecified atom stereocenters. The maximum Gasteiger partial charge on any atom is 0.268 e. The lowest BCUT2D eigenvalue weighted by Crippen LogP contribution is -2.45. The number of H-pyrrole nitrogens is 1. The van der Waals surface area contributed by atoms with Gasteiger partial charge in [0.2, 0.25) is 5.91 Å². The van der Waals surface area contributed by atoms with Crippen LogP contribution in [-0.2, 0) is 4.79 Å². The number of aromatic nitrogens is 1. The molecule has 17 heavy (non-hydrogen) atoms. The minimum Gasteiger partial charge on any atom is -0.356 e. The first kappa shape index (κ1) is 12.0. The number of hydrogen-bond donors (Lipinski definition) is 3. The number of carbonyl (C=O) groups excluding carboxylic acids is 2. The maximum absolute atomic E-state index is 11.8. The van der Waals surface area contributed by atoms with Crippen molar-refractivity contribution < 1.29 is 9.59 Å². The molecule has 1 aromatic rings. The number of halogens is 1. The van der Waals surface area contributed by atoms with Crippen LogP contribution < -0.4 is 10.6 Å². The molecular formula is C11H14ClN3O2. The number of rotatable bonds is 2. The van der Waals surface area contributed by atoms with Crippen LogP contribution in [0.2, 0.25) is 5.02 Å². The van der Waals surface area contributed by atoms with Gasteiger partial charge in [0.15, 0.2) is 0 Å². The molecular weight excluding hydrogens is 242 g/mol. The van der Waals surface area contributed by atoms with Gasteiger partial charge in [-0.05, 0) is 25.3 Å². The second-order valence-corrected chi connectivity index (χ2v) is 4.48. The molecule has 0 aromatic carbocycles. The van der Waals surface area contributed by atoms with Crippen molar-refractivity contribution in [3.05, 3.63) is 23.0 Å². The molecule has 2 amide bonds. The quantitative estimate of drug-likeness (QED) is 0.740. The number of amides is 2. The maximum atomic E-state index is 11.8. The highest BCUT2D eigenvalue weighted by Crippen LogP contribution is 2.11. The monoisotopic (exact) mass is 255 g/mol. The molecule has 2 heterocycles. The predicted molar refractivity (Wildman–Crippen MR) is 63.9 cm³/mol. The molecule has 1 fully saturated rings. The molecule has 92 valence electrons. The molecule has 0 spiro atoms. The van der Waals surface area contributed by atoms with E-state index in [1.807, 2.05) is 0 Å². The highest BCUT2D eigenvalue weighted by atomic mass is 35.5. The summed E-state index contributed by atoms with van der Waals surface area (Å²) in [6.45, 7) is 0.680. The molecule has 1 saturated heterocycles. The van der Waals surface area contributed by atoms with Gasteiger partial charge in [0.25, 0.3) is 5.91 Å². The smallest absolute Gasteiger partial charge is 0.268 e. The Labute approximate surface area is 104 Å². The normalized spacial score (nSPS) is 20.5. The lowest BCUT2D eigenvalue weighted by molar-refractivity contribution is -0.122. The van der Waals surface area contributed by atoms with Crippen molar-refractivity contribution in [2.75, 3.05) is 6.54 Å². The largest absolute Gasteiger partial charge is 0.356 e. The molecule has 6 heteroatoms. The van der Waals surface area contributed by atoms with Gasteiger partial charge >= 0.3 is 0 Å². The number of nitrogens with one attached hydrogen (secondary N) is 3. The van der Waals surface area contributed by atoms with Crippen molar-refractivity contribution in [1.82, 2.24) is 15.6 Å². The summed E-state index contributed by atoms with van der Waals surface area (Å²) in [4.78, 5) is 26.2. The highest BCUT2D eigenvalue weighted by molar-refractivity contribution is 6.31. The van der Waals surface area contributed by atoms with E-state index in [1.165, 1.54) is 12.3 Å². The van der Waals surface area contributed by atoms with Gasteiger partial charge in [0.05, 0.1) is 5.02 Å². The lowest BCUT2D eigenvalue weighted by Gasteiger charge is -2.14. The van der Waals surface area contributed by atoms with Crippen LogP contribution in [-0.4, -0.2) is 29.4 Å². The highest BCUT2D eigenvalue weighted by Gasteiger charge is 2.23. The molecule has 1 aliphatic heterocycles. The third-order valence-electron chi connectivity index (χ3n) is 2.73. The third-order valence-corrected chi connectivity index (χ3v) is 2.95. The minimum absolute atomic E-state index is 0.117. The summed E-state index contributed by atoms with van der Waals surface area (Å²) >= 11 is 5.71. The first-order chi connectivity index (χ1) is 8.16. The van der Waals surface area contributed by atoms with E-state index in [0.29, 0.717) is 23.7 Å². The van der Waals surface area contributed by atoms with Gasteiger partial charge in [-0.1, -0.05) is 11.6 Å². The van der Waals surface area contributed by atoms with E-state index in [-0.39, 0.29) is 11.8 Å². The van der Waals surface area contributed by atoms with Crippen LogP contribution in [0.15, 0.2) is 12.3 Å². The summed E-state index contributed by atoms with van der Waals surface area (Å²) in [6.07, 6.45) is 4.08. The van der Waals surface area contributed by atoms with Crippen LogP contribution in [0.4, 0.5) is 0 Å². The standard InChI is InChI=1S/C11H14ClN3O2/c12-7-5-9(14-6-7)11(17)15-8-3-1-2-4-13-10(8)16/h5-6,8,14H,1-4H2,(H,13,16)(H,15,17)/t8-/m1/s1. The Morgan fingerprint density at radius 1 is 1.47 bits per heavy atom. The van der Waals surface area contributed by atoms with E-state index in [9.17, 15) is 9.59 Å². The van der Waals surface area contributed by atoms with E-state index < -0.39 is 6.04 Å². The average molecular weight is 256 g/mol. The number of aromatic amines is 1. The Morgan fingerprint density at radius 2 is 2.29 bits per heavy atom. The van der Waals surface area contributed by atoms with E-state index >= 15 is 0 Å². The molecule has 0 aliphatic carbocycles. The van der Waals surface area contributed by atoms with Crippen LogP contribution in [0.25, 0.3) is 0 Å². The fourth-order valence-corrected chi connectivity index (χ4v) is 1.98. The van der Waals surface area contributed by atoms with Crippen molar-refractivity contribution >= 4 is 23.4 Å². The van der Waals surface area contributed by atoms with Crippen molar-refractivity contribution in [3.63, 3.8) is 0 Å². The fraction of sp³-hybridized carbons (Fsp3) is 0.455.